The van der Waals surface area contributed by atoms with Gasteiger partial charge in [-0.25, -0.2) is 0 Å². The van der Waals surface area contributed by atoms with Gasteiger partial charge in [0.2, 0.25) is 0 Å². The van der Waals surface area contributed by atoms with Crippen molar-refractivity contribution in [3.8, 4) is 11.4 Å². The second-order valence-electron chi connectivity index (χ2n) is 4.39. The minimum Gasteiger partial charge on any atom is -0.353 e. The van der Waals surface area contributed by atoms with E-state index >= 15 is 0 Å². The Morgan fingerprint density at radius 3 is 2.44 bits per heavy atom. The molecule has 0 radical (unpaired) electrons. The largest absolute Gasteiger partial charge is 0.353 e. The summed E-state index contributed by atoms with van der Waals surface area (Å²) in [4.78, 5) is 11.1. The average Bonchev–Trinajstić information content (AvgIpc) is 3.02. The van der Waals surface area contributed by atoms with Crippen molar-refractivity contribution in [1.82, 2.24) is 15.0 Å². The Kier molecular flexibility index (Phi) is 1.83. The Balaban J connectivity index is 1.95. The summed E-state index contributed by atoms with van der Waals surface area (Å²) in [5, 5.41) is 1.22. The highest BCUT2D eigenvalue weighted by molar-refractivity contribution is 5.88. The second-order valence-corrected chi connectivity index (χ2v) is 4.39. The summed E-state index contributed by atoms with van der Waals surface area (Å²) in [6, 6.07) is 16.5. The van der Waals surface area contributed by atoms with Gasteiger partial charge in [-0.3, -0.25) is 4.98 Å². The van der Waals surface area contributed by atoms with Gasteiger partial charge in [0.1, 0.15) is 0 Å². The van der Waals surface area contributed by atoms with Gasteiger partial charge in [-0.05, 0) is 30.3 Å². The van der Waals surface area contributed by atoms with Crippen LogP contribution < -0.4 is 0 Å². The minimum absolute atomic E-state index is 0.992. The smallest absolute Gasteiger partial charge is 0.0885 e. The van der Waals surface area contributed by atoms with Gasteiger partial charge >= 0.3 is 0 Å². The van der Waals surface area contributed by atoms with Gasteiger partial charge in [0.25, 0.3) is 0 Å². The highest BCUT2D eigenvalue weighted by atomic mass is 14.8. The number of aromatic amines is 2. The zero-order valence-electron chi connectivity index (χ0n) is 9.64. The number of fused-ring (bicyclic) bond motifs is 2. The summed E-state index contributed by atoms with van der Waals surface area (Å²) in [6.07, 6.45) is 1.81. The van der Waals surface area contributed by atoms with E-state index in [0.717, 1.165) is 27.9 Å². The van der Waals surface area contributed by atoms with Crippen LogP contribution in [0.15, 0.2) is 54.7 Å². The average molecular weight is 233 g/mol. The molecule has 0 saturated heterocycles. The standard InChI is InChI=1S/C15H11N3/c1-2-5-11-10(4-1)8-14(17-11)15-9-13-12(18-15)6-3-7-16-13/h1-9,17-18H. The summed E-state index contributed by atoms with van der Waals surface area (Å²) in [6.45, 7) is 0. The van der Waals surface area contributed by atoms with E-state index in [1.54, 1.807) is 0 Å². The zero-order chi connectivity index (χ0) is 11.9. The monoisotopic (exact) mass is 233 g/mol. The van der Waals surface area contributed by atoms with Crippen molar-refractivity contribution in [1.29, 1.82) is 0 Å². The molecule has 0 amide bonds. The molecule has 0 spiro atoms. The fraction of sp³-hybridized carbons (Fsp3) is 0. The molecule has 4 aromatic rings. The predicted molar refractivity (Wildman–Crippen MR) is 73.4 cm³/mol. The number of pyridine rings is 1. The van der Waals surface area contributed by atoms with Gasteiger partial charge in [0.05, 0.1) is 22.4 Å². The third kappa shape index (κ3) is 1.34. The van der Waals surface area contributed by atoms with Gasteiger partial charge in [-0.2, -0.15) is 0 Å². The van der Waals surface area contributed by atoms with Crippen molar-refractivity contribution in [3.63, 3.8) is 0 Å². The Hall–Kier alpha value is -2.55. The lowest BCUT2D eigenvalue weighted by Crippen LogP contribution is -1.75. The van der Waals surface area contributed by atoms with Crippen molar-refractivity contribution in [2.75, 3.05) is 0 Å². The Morgan fingerprint density at radius 2 is 1.56 bits per heavy atom. The number of nitrogens with one attached hydrogen (secondary N) is 2. The van der Waals surface area contributed by atoms with Gasteiger partial charge in [0, 0.05) is 17.1 Å². The van der Waals surface area contributed by atoms with Crippen LogP contribution in [0.2, 0.25) is 0 Å². The van der Waals surface area contributed by atoms with Crippen LogP contribution in [-0.2, 0) is 0 Å². The molecular formula is C15H11N3. The van der Waals surface area contributed by atoms with Gasteiger partial charge in [0.15, 0.2) is 0 Å². The second kappa shape index (κ2) is 3.47. The van der Waals surface area contributed by atoms with Crippen LogP contribution in [0.3, 0.4) is 0 Å². The molecule has 3 aromatic heterocycles. The van der Waals surface area contributed by atoms with Crippen LogP contribution >= 0.6 is 0 Å². The van der Waals surface area contributed by atoms with Crippen molar-refractivity contribution < 1.29 is 0 Å². The molecule has 0 saturated carbocycles. The summed E-state index contributed by atoms with van der Waals surface area (Å²) >= 11 is 0. The summed E-state index contributed by atoms with van der Waals surface area (Å²) in [5.41, 5.74) is 5.37. The maximum Gasteiger partial charge on any atom is 0.0885 e. The number of nitrogens with zero attached hydrogens (tertiary/aromatic N) is 1. The normalized spacial score (nSPS) is 11.3. The number of rotatable bonds is 1. The van der Waals surface area contributed by atoms with Crippen LogP contribution in [0.5, 0.6) is 0 Å². The molecule has 3 heteroatoms. The molecule has 86 valence electrons. The van der Waals surface area contributed by atoms with Crippen LogP contribution in [0, 0.1) is 0 Å². The predicted octanol–water partition coefficient (Wildman–Crippen LogP) is 3.71. The number of aromatic nitrogens is 3. The molecule has 0 fully saturated rings. The van der Waals surface area contributed by atoms with Crippen LogP contribution in [0.25, 0.3) is 33.3 Å². The van der Waals surface area contributed by atoms with Gasteiger partial charge in [-0.15, -0.1) is 0 Å². The molecule has 0 bridgehead atoms. The number of benzene rings is 1. The maximum atomic E-state index is 4.34. The first-order valence-corrected chi connectivity index (χ1v) is 5.92. The summed E-state index contributed by atoms with van der Waals surface area (Å²) < 4.78 is 0. The van der Waals surface area contributed by atoms with Gasteiger partial charge < -0.3 is 9.97 Å². The fourth-order valence-electron chi connectivity index (χ4n) is 2.32. The fourth-order valence-corrected chi connectivity index (χ4v) is 2.32. The molecule has 0 aliphatic carbocycles. The number of hydrogen-bond donors (Lipinski definition) is 2. The van der Waals surface area contributed by atoms with Crippen LogP contribution in [0.1, 0.15) is 0 Å². The molecular weight excluding hydrogens is 222 g/mol. The van der Waals surface area contributed by atoms with Crippen molar-refractivity contribution in [2.24, 2.45) is 0 Å². The maximum absolute atomic E-state index is 4.34. The van der Waals surface area contributed by atoms with Crippen molar-refractivity contribution >= 4 is 21.9 Å². The molecule has 18 heavy (non-hydrogen) atoms. The van der Waals surface area contributed by atoms with E-state index in [1.807, 2.05) is 30.5 Å². The lowest BCUT2D eigenvalue weighted by atomic mass is 10.2. The molecule has 0 atom stereocenters. The molecule has 3 heterocycles. The topological polar surface area (TPSA) is 44.5 Å². The molecule has 2 N–H and O–H groups in total. The van der Waals surface area contributed by atoms with Crippen LogP contribution in [0.4, 0.5) is 0 Å². The Bertz CT molecular complexity index is 701. The first-order valence-electron chi connectivity index (χ1n) is 5.92. The molecule has 0 aliphatic heterocycles. The number of H-pyrrole nitrogens is 2. The Morgan fingerprint density at radius 1 is 0.778 bits per heavy atom. The quantitative estimate of drug-likeness (QED) is 0.517. The third-order valence-electron chi connectivity index (χ3n) is 3.21. The van der Waals surface area contributed by atoms with E-state index in [4.69, 9.17) is 0 Å². The number of para-hydroxylation sites is 1. The van der Waals surface area contributed by atoms with E-state index in [2.05, 4.69) is 39.2 Å². The number of hydrogen-bond acceptors (Lipinski definition) is 1. The van der Waals surface area contributed by atoms with E-state index in [9.17, 15) is 0 Å². The molecule has 3 nitrogen and oxygen atoms in total. The molecule has 4 rings (SSSR count). The molecule has 1 aromatic carbocycles. The summed E-state index contributed by atoms with van der Waals surface area (Å²) in [7, 11) is 0. The lowest BCUT2D eigenvalue weighted by Gasteiger charge is -1.90. The molecule has 0 unspecified atom stereocenters. The lowest BCUT2D eigenvalue weighted by molar-refractivity contribution is 1.37. The van der Waals surface area contributed by atoms with Crippen molar-refractivity contribution in [2.45, 2.75) is 0 Å². The van der Waals surface area contributed by atoms with E-state index < -0.39 is 0 Å². The molecule has 0 aliphatic rings. The zero-order valence-corrected chi connectivity index (χ0v) is 9.64. The minimum atomic E-state index is 0.992. The SMILES string of the molecule is c1ccc2[nH]c(-c3cc4ncccc4[nH]3)cc2c1. The van der Waals surface area contributed by atoms with Gasteiger partial charge in [-0.1, -0.05) is 18.2 Å². The Labute approximate surface area is 103 Å². The highest BCUT2D eigenvalue weighted by Crippen LogP contribution is 2.25. The van der Waals surface area contributed by atoms with E-state index in [0.29, 0.717) is 0 Å². The first-order chi connectivity index (χ1) is 8.90. The van der Waals surface area contributed by atoms with E-state index in [1.165, 1.54) is 5.39 Å². The first kappa shape index (κ1) is 9.48. The summed E-state index contributed by atoms with van der Waals surface area (Å²) in [5.74, 6) is 0. The van der Waals surface area contributed by atoms with Crippen molar-refractivity contribution in [3.05, 3.63) is 54.7 Å². The van der Waals surface area contributed by atoms with Crippen LogP contribution in [-0.4, -0.2) is 15.0 Å². The van der Waals surface area contributed by atoms with E-state index in [-0.39, 0.29) is 0 Å². The highest BCUT2D eigenvalue weighted by Gasteiger charge is 2.06. The third-order valence-corrected chi connectivity index (χ3v) is 3.21.